The lowest BCUT2D eigenvalue weighted by atomic mass is 10.0. The first-order valence-electron chi connectivity index (χ1n) is 9.13. The van der Waals surface area contributed by atoms with Gasteiger partial charge in [-0.25, -0.2) is 0 Å². The second kappa shape index (κ2) is 10.0. The minimum atomic E-state index is -1.42. The van der Waals surface area contributed by atoms with Crippen LogP contribution in [-0.4, -0.2) is 86.5 Å². The summed E-state index contributed by atoms with van der Waals surface area (Å²) in [5, 5.41) is 40.0. The number of aromatic nitrogens is 1. The van der Waals surface area contributed by atoms with E-state index in [1.54, 1.807) is 29.9 Å². The summed E-state index contributed by atoms with van der Waals surface area (Å²) in [6.45, 7) is 0.142. The van der Waals surface area contributed by atoms with Crippen molar-refractivity contribution in [2.45, 2.75) is 50.1 Å². The number of rotatable bonds is 3. The Morgan fingerprint density at radius 2 is 2.04 bits per heavy atom. The molecule has 4 atom stereocenters. The van der Waals surface area contributed by atoms with E-state index in [9.17, 15) is 25.2 Å². The van der Waals surface area contributed by atoms with Crippen LogP contribution in [0.5, 0.6) is 0 Å². The summed E-state index contributed by atoms with van der Waals surface area (Å²) in [5.74, 6) is -0.221. The first-order valence-corrected chi connectivity index (χ1v) is 9.13. The maximum atomic E-state index is 12.8. The van der Waals surface area contributed by atoms with Crippen LogP contribution in [0, 0.1) is 0 Å². The van der Waals surface area contributed by atoms with Gasteiger partial charge in [0.1, 0.15) is 30.1 Å². The van der Waals surface area contributed by atoms with Crippen molar-refractivity contribution in [1.29, 1.82) is 0 Å². The summed E-state index contributed by atoms with van der Waals surface area (Å²) >= 11 is 0. The van der Waals surface area contributed by atoms with Gasteiger partial charge in [-0.3, -0.25) is 4.79 Å². The summed E-state index contributed by atoms with van der Waals surface area (Å²) in [5.41, 5.74) is 0.502. The highest BCUT2D eigenvalue weighted by Gasteiger charge is 2.34. The monoisotopic (exact) mass is 370 g/mol. The Kier molecular flexibility index (Phi) is 8.05. The van der Waals surface area contributed by atoms with Gasteiger partial charge >= 0.3 is 0 Å². The van der Waals surface area contributed by atoms with Crippen LogP contribution in [0.1, 0.15) is 36.2 Å². The van der Waals surface area contributed by atoms with Crippen LogP contribution in [-0.2, 0) is 11.8 Å². The third kappa shape index (κ3) is 5.28. The third-order valence-electron chi connectivity index (χ3n) is 4.79. The van der Waals surface area contributed by atoms with Crippen molar-refractivity contribution < 1.29 is 30.0 Å². The molecule has 0 saturated carbocycles. The number of β-amino-alcohol motifs (C(OH)–C–C–N with tert-alkyl or cyclic N) is 1. The Labute approximate surface area is 153 Å². The lowest BCUT2D eigenvalue weighted by molar-refractivity contribution is -0.145. The van der Waals surface area contributed by atoms with Crippen molar-refractivity contribution in [2.75, 3.05) is 26.3 Å². The predicted octanol–water partition coefficient (Wildman–Crippen LogP) is -0.498. The maximum absolute atomic E-state index is 12.8. The number of carbonyl (C=O) groups is 1. The van der Waals surface area contributed by atoms with E-state index in [0.717, 1.165) is 25.7 Å². The molecule has 0 radical (unpaired) electrons. The van der Waals surface area contributed by atoms with Crippen molar-refractivity contribution in [3.63, 3.8) is 0 Å². The van der Waals surface area contributed by atoms with E-state index in [0.29, 0.717) is 18.8 Å². The average Bonchev–Trinajstić information content (AvgIpc) is 3.06. The number of aliphatic hydroxyl groups is 4. The Morgan fingerprint density at radius 1 is 1.31 bits per heavy atom. The molecule has 0 aliphatic carbocycles. The highest BCUT2D eigenvalue weighted by Crippen LogP contribution is 2.16. The van der Waals surface area contributed by atoms with Gasteiger partial charge in [-0.15, -0.1) is 0 Å². The van der Waals surface area contributed by atoms with Gasteiger partial charge in [-0.1, -0.05) is 12.8 Å². The van der Waals surface area contributed by atoms with E-state index >= 15 is 0 Å². The molecule has 1 aromatic heterocycles. The molecule has 148 valence electrons. The molecule has 2 rings (SSSR count). The summed E-state index contributed by atoms with van der Waals surface area (Å²) in [4.78, 5) is 14.3. The molecule has 0 spiro atoms. The fourth-order valence-corrected chi connectivity index (χ4v) is 3.19. The molecule has 1 saturated heterocycles. The molecule has 0 unspecified atom stereocenters. The molecule has 4 N–H and O–H groups in total. The number of carbonyl (C=O) groups excluding carboxylic acids is 1. The fourth-order valence-electron chi connectivity index (χ4n) is 3.19. The zero-order valence-electron chi connectivity index (χ0n) is 15.2. The van der Waals surface area contributed by atoms with Gasteiger partial charge in [0.05, 0.1) is 6.61 Å². The predicted molar refractivity (Wildman–Crippen MR) is 94.6 cm³/mol. The van der Waals surface area contributed by atoms with Gasteiger partial charge < -0.3 is 34.6 Å². The second-order valence-electron chi connectivity index (χ2n) is 6.81. The zero-order chi connectivity index (χ0) is 19.1. The lowest BCUT2D eigenvalue weighted by Gasteiger charge is -2.33. The molecule has 8 nitrogen and oxygen atoms in total. The number of aryl methyl sites for hydroxylation is 1. The highest BCUT2D eigenvalue weighted by molar-refractivity contribution is 5.92. The van der Waals surface area contributed by atoms with Gasteiger partial charge in [-0.2, -0.15) is 0 Å². The molecule has 2 heterocycles. The standard InChI is InChI=1S/C18H30N2O6/c1-19-8-6-7-13(19)18(25)20-9-4-2-3-5-10-26-17(15(23)12-21)16(24)14(22)11-20/h6-8,14-17,21-24H,2-5,9-12H2,1H3/t14-,15-,16-,17-/m1/s1. The molecule has 1 aliphatic rings. The Hall–Kier alpha value is -1.45. The Balaban J connectivity index is 2.16. The summed E-state index contributed by atoms with van der Waals surface area (Å²) < 4.78 is 7.22. The SMILES string of the molecule is Cn1cccc1C(=O)N1CCCCCCO[C@H]([C@H](O)CO)[C@H](O)[C@H](O)C1. The third-order valence-corrected chi connectivity index (χ3v) is 4.79. The van der Waals surface area contributed by atoms with Crippen molar-refractivity contribution in [2.24, 2.45) is 7.05 Å². The fraction of sp³-hybridized carbons (Fsp3) is 0.722. The number of hydrogen-bond donors (Lipinski definition) is 4. The Morgan fingerprint density at radius 3 is 2.69 bits per heavy atom. The smallest absolute Gasteiger partial charge is 0.270 e. The first kappa shape index (κ1) is 20.9. The van der Waals surface area contributed by atoms with Gasteiger partial charge in [0.2, 0.25) is 0 Å². The van der Waals surface area contributed by atoms with Crippen molar-refractivity contribution in [3.05, 3.63) is 24.0 Å². The second-order valence-corrected chi connectivity index (χ2v) is 6.81. The molecular weight excluding hydrogens is 340 g/mol. The van der Waals surface area contributed by atoms with Crippen molar-refractivity contribution in [1.82, 2.24) is 9.47 Å². The van der Waals surface area contributed by atoms with Crippen LogP contribution in [0.25, 0.3) is 0 Å². The molecule has 1 fully saturated rings. The van der Waals surface area contributed by atoms with Crippen molar-refractivity contribution in [3.8, 4) is 0 Å². The average molecular weight is 370 g/mol. The minimum Gasteiger partial charge on any atom is -0.394 e. The summed E-state index contributed by atoms with van der Waals surface area (Å²) in [6.07, 6.45) is -0.0218. The van der Waals surface area contributed by atoms with E-state index in [4.69, 9.17) is 4.74 Å². The van der Waals surface area contributed by atoms with E-state index in [-0.39, 0.29) is 12.5 Å². The van der Waals surface area contributed by atoms with E-state index in [2.05, 4.69) is 0 Å². The number of aliphatic hydroxyl groups excluding tert-OH is 4. The normalized spacial score (nSPS) is 27.4. The highest BCUT2D eigenvalue weighted by atomic mass is 16.5. The molecule has 0 bridgehead atoms. The van der Waals surface area contributed by atoms with E-state index in [1.807, 2.05) is 0 Å². The largest absolute Gasteiger partial charge is 0.394 e. The molecular formula is C18H30N2O6. The van der Waals surface area contributed by atoms with Gasteiger partial charge in [0, 0.05) is 32.9 Å². The number of hydrogen-bond acceptors (Lipinski definition) is 6. The quantitative estimate of drug-likeness (QED) is 0.570. The summed E-state index contributed by atoms with van der Waals surface area (Å²) in [7, 11) is 1.77. The molecule has 8 heteroatoms. The minimum absolute atomic E-state index is 0.0802. The summed E-state index contributed by atoms with van der Waals surface area (Å²) in [6, 6.07) is 3.49. The topological polar surface area (TPSA) is 115 Å². The zero-order valence-corrected chi connectivity index (χ0v) is 15.2. The molecule has 1 amide bonds. The maximum Gasteiger partial charge on any atom is 0.270 e. The lowest BCUT2D eigenvalue weighted by Crippen LogP contribution is -2.52. The van der Waals surface area contributed by atoms with Crippen LogP contribution < -0.4 is 0 Å². The van der Waals surface area contributed by atoms with Crippen LogP contribution >= 0.6 is 0 Å². The van der Waals surface area contributed by atoms with Gasteiger partial charge in [0.25, 0.3) is 5.91 Å². The molecule has 1 aliphatic heterocycles. The molecule has 1 aromatic rings. The van der Waals surface area contributed by atoms with Gasteiger partial charge in [0.15, 0.2) is 0 Å². The van der Waals surface area contributed by atoms with E-state index in [1.165, 1.54) is 4.90 Å². The first-order chi connectivity index (χ1) is 12.5. The van der Waals surface area contributed by atoms with Crippen LogP contribution in [0.4, 0.5) is 0 Å². The number of ether oxygens (including phenoxy) is 1. The molecule has 0 aromatic carbocycles. The number of amides is 1. The molecule has 26 heavy (non-hydrogen) atoms. The van der Waals surface area contributed by atoms with Gasteiger partial charge in [-0.05, 0) is 25.0 Å². The number of nitrogens with zero attached hydrogens (tertiary/aromatic N) is 2. The van der Waals surface area contributed by atoms with Crippen LogP contribution in [0.15, 0.2) is 18.3 Å². The van der Waals surface area contributed by atoms with Crippen LogP contribution in [0.3, 0.4) is 0 Å². The van der Waals surface area contributed by atoms with Crippen molar-refractivity contribution >= 4 is 5.91 Å². The Bertz CT molecular complexity index is 564. The van der Waals surface area contributed by atoms with E-state index < -0.39 is 31.0 Å². The van der Waals surface area contributed by atoms with Crippen LogP contribution in [0.2, 0.25) is 0 Å².